The molecule has 4 rings (SSSR count). The molecule has 8 heteroatoms. The summed E-state index contributed by atoms with van der Waals surface area (Å²) in [6.07, 6.45) is -0.623. The molecule has 0 N–H and O–H groups in total. The molecule has 1 aromatic heterocycles. The molecule has 3 aromatic rings. The van der Waals surface area contributed by atoms with Crippen molar-refractivity contribution in [3.63, 3.8) is 0 Å². The van der Waals surface area contributed by atoms with Gasteiger partial charge >= 0.3 is 6.18 Å². The summed E-state index contributed by atoms with van der Waals surface area (Å²) in [5.74, 6) is 2.28. The van der Waals surface area contributed by atoms with Crippen LogP contribution in [0.4, 0.5) is 19.1 Å². The first-order valence-electron chi connectivity index (χ1n) is 11.6. The number of rotatable bonds is 9. The van der Waals surface area contributed by atoms with E-state index in [2.05, 4.69) is 16.2 Å². The molecule has 1 fully saturated rings. The summed E-state index contributed by atoms with van der Waals surface area (Å²) >= 11 is 0. The highest BCUT2D eigenvalue weighted by Gasteiger charge is 2.31. The third-order valence-electron chi connectivity index (χ3n) is 5.51. The van der Waals surface area contributed by atoms with Gasteiger partial charge in [-0.1, -0.05) is 24.3 Å². The zero-order valence-electron chi connectivity index (χ0n) is 19.7. The lowest BCUT2D eigenvalue weighted by atomic mass is 10.1. The Morgan fingerprint density at radius 2 is 1.76 bits per heavy atom. The van der Waals surface area contributed by atoms with Gasteiger partial charge in [0.05, 0.1) is 5.56 Å². The fourth-order valence-corrected chi connectivity index (χ4v) is 3.71. The van der Waals surface area contributed by atoms with Gasteiger partial charge in [-0.2, -0.15) is 18.2 Å². The average Bonchev–Trinajstić information content (AvgIpc) is 3.49. The molecule has 0 aliphatic heterocycles. The minimum absolute atomic E-state index is 0.269. The van der Waals surface area contributed by atoms with Crippen LogP contribution in [-0.2, 0) is 19.1 Å². The molecule has 1 aliphatic carbocycles. The minimum atomic E-state index is -4.35. The average molecular weight is 474 g/mol. The van der Waals surface area contributed by atoms with Crippen molar-refractivity contribution in [2.75, 3.05) is 11.4 Å². The number of aryl methyl sites for hydroxylation is 1. The van der Waals surface area contributed by atoms with E-state index in [0.29, 0.717) is 30.8 Å². The highest BCUT2D eigenvalue weighted by atomic mass is 19.4. The van der Waals surface area contributed by atoms with Gasteiger partial charge in [0.25, 0.3) is 5.95 Å². The van der Waals surface area contributed by atoms with Gasteiger partial charge < -0.3 is 14.2 Å². The Kier molecular flexibility index (Phi) is 6.86. The van der Waals surface area contributed by atoms with E-state index < -0.39 is 11.7 Å². The van der Waals surface area contributed by atoms with E-state index in [-0.39, 0.29) is 5.60 Å². The number of halogens is 3. The molecule has 5 nitrogen and oxygen atoms in total. The van der Waals surface area contributed by atoms with E-state index in [1.807, 2.05) is 43.9 Å². The number of nitrogens with zero attached hydrogens (tertiary/aromatic N) is 3. The van der Waals surface area contributed by atoms with Gasteiger partial charge in [-0.25, -0.2) is 0 Å². The molecule has 0 amide bonds. The van der Waals surface area contributed by atoms with Crippen LogP contribution in [0.15, 0.2) is 53.1 Å². The van der Waals surface area contributed by atoms with Gasteiger partial charge in [0.1, 0.15) is 11.4 Å². The van der Waals surface area contributed by atoms with Gasteiger partial charge in [0.2, 0.25) is 5.89 Å². The number of ether oxygens (including phenoxy) is 1. The predicted molar refractivity (Wildman–Crippen MR) is 124 cm³/mol. The Balaban J connectivity index is 1.44. The summed E-state index contributed by atoms with van der Waals surface area (Å²) in [5, 5.41) is 4.15. The van der Waals surface area contributed by atoms with E-state index in [9.17, 15) is 13.2 Å². The second kappa shape index (κ2) is 9.68. The maximum atomic E-state index is 12.9. The minimum Gasteiger partial charge on any atom is -0.488 e. The van der Waals surface area contributed by atoms with Gasteiger partial charge in [-0.15, -0.1) is 0 Å². The lowest BCUT2D eigenvalue weighted by Crippen LogP contribution is -2.25. The van der Waals surface area contributed by atoms with Crippen LogP contribution in [0.25, 0.3) is 0 Å². The number of aromatic nitrogens is 2. The maximum absolute atomic E-state index is 12.9. The highest BCUT2D eigenvalue weighted by molar-refractivity contribution is 5.34. The van der Waals surface area contributed by atoms with Crippen LogP contribution in [0, 0.1) is 0 Å². The Hall–Kier alpha value is -3.03. The summed E-state index contributed by atoms with van der Waals surface area (Å²) in [7, 11) is 0. The zero-order valence-corrected chi connectivity index (χ0v) is 19.7. The molecule has 1 saturated carbocycles. The predicted octanol–water partition coefficient (Wildman–Crippen LogP) is 6.78. The van der Waals surface area contributed by atoms with E-state index in [1.54, 1.807) is 0 Å². The van der Waals surface area contributed by atoms with Crippen molar-refractivity contribution in [3.8, 4) is 5.75 Å². The quantitative estimate of drug-likeness (QED) is 0.343. The SMILES string of the molecule is CC(C)(C)Oc1cccc(CCCN(Cc2ccc(C(F)(F)F)cc2)c2noc(C3CC3)n2)c1. The monoisotopic (exact) mass is 473 g/mol. The number of hydrogen-bond donors (Lipinski definition) is 0. The summed E-state index contributed by atoms with van der Waals surface area (Å²) in [6, 6.07) is 13.3. The Morgan fingerprint density at radius 1 is 1.03 bits per heavy atom. The van der Waals surface area contributed by atoms with Crippen molar-refractivity contribution in [2.24, 2.45) is 0 Å². The van der Waals surface area contributed by atoms with Gasteiger partial charge in [-0.3, -0.25) is 0 Å². The van der Waals surface area contributed by atoms with Crippen LogP contribution < -0.4 is 9.64 Å². The molecular weight excluding hydrogens is 443 g/mol. The summed E-state index contributed by atoms with van der Waals surface area (Å²) < 4.78 is 50.2. The van der Waals surface area contributed by atoms with Crippen LogP contribution in [0.5, 0.6) is 5.75 Å². The standard InChI is InChI=1S/C26H30F3N3O2/c1-25(2,3)33-22-8-4-6-18(16-22)7-5-15-32(24-30-23(34-31-24)20-11-12-20)17-19-9-13-21(14-10-19)26(27,28)29/h4,6,8-10,13-14,16,20H,5,7,11-12,15,17H2,1-3H3. The van der Waals surface area contributed by atoms with Crippen LogP contribution in [0.2, 0.25) is 0 Å². The molecule has 0 unspecified atom stereocenters. The summed E-state index contributed by atoms with van der Waals surface area (Å²) in [4.78, 5) is 6.52. The Morgan fingerprint density at radius 3 is 2.41 bits per heavy atom. The van der Waals surface area contributed by atoms with Crippen LogP contribution in [0.3, 0.4) is 0 Å². The van der Waals surface area contributed by atoms with Gasteiger partial charge in [0.15, 0.2) is 0 Å². The molecule has 0 spiro atoms. The van der Waals surface area contributed by atoms with Gasteiger partial charge in [0, 0.05) is 19.0 Å². The fourth-order valence-electron chi connectivity index (χ4n) is 3.71. The number of hydrogen-bond acceptors (Lipinski definition) is 5. The first-order chi connectivity index (χ1) is 16.1. The van der Waals surface area contributed by atoms with Crippen molar-refractivity contribution in [1.82, 2.24) is 10.1 Å². The van der Waals surface area contributed by atoms with Crippen molar-refractivity contribution >= 4 is 5.95 Å². The molecule has 182 valence electrons. The van der Waals surface area contributed by atoms with E-state index >= 15 is 0 Å². The van der Waals surface area contributed by atoms with Crippen molar-refractivity contribution in [2.45, 2.75) is 70.7 Å². The van der Waals surface area contributed by atoms with Crippen molar-refractivity contribution in [3.05, 3.63) is 71.1 Å². The molecule has 1 heterocycles. The lowest BCUT2D eigenvalue weighted by Gasteiger charge is -2.22. The van der Waals surface area contributed by atoms with Crippen molar-refractivity contribution < 1.29 is 22.4 Å². The molecule has 1 aliphatic rings. The molecule has 34 heavy (non-hydrogen) atoms. The fraction of sp³-hybridized carbons (Fsp3) is 0.462. The molecule has 0 bridgehead atoms. The first kappa shape index (κ1) is 24.1. The van der Waals surface area contributed by atoms with Crippen molar-refractivity contribution in [1.29, 1.82) is 0 Å². The van der Waals surface area contributed by atoms with E-state index in [0.717, 1.165) is 54.7 Å². The largest absolute Gasteiger partial charge is 0.488 e. The smallest absolute Gasteiger partial charge is 0.416 e. The third kappa shape index (κ3) is 6.74. The number of alkyl halides is 3. The number of anilines is 1. The van der Waals surface area contributed by atoms with E-state index in [4.69, 9.17) is 9.26 Å². The van der Waals surface area contributed by atoms with Gasteiger partial charge in [-0.05, 0) is 87.0 Å². The molecule has 0 saturated heterocycles. The Labute approximate surface area is 197 Å². The normalized spacial score (nSPS) is 14.3. The molecule has 2 aromatic carbocycles. The molecular formula is C26H30F3N3O2. The van der Waals surface area contributed by atoms with Crippen LogP contribution in [0.1, 0.15) is 68.5 Å². The topological polar surface area (TPSA) is 51.4 Å². The van der Waals surface area contributed by atoms with Crippen LogP contribution in [-0.4, -0.2) is 22.3 Å². The second-order valence-electron chi connectivity index (χ2n) is 9.79. The second-order valence-corrected chi connectivity index (χ2v) is 9.79. The summed E-state index contributed by atoms with van der Waals surface area (Å²) in [5.41, 5.74) is 0.986. The zero-order chi connectivity index (χ0) is 24.3. The van der Waals surface area contributed by atoms with Crippen LogP contribution >= 0.6 is 0 Å². The first-order valence-corrected chi connectivity index (χ1v) is 11.6. The third-order valence-corrected chi connectivity index (χ3v) is 5.51. The molecule has 0 atom stereocenters. The maximum Gasteiger partial charge on any atom is 0.416 e. The molecule has 0 radical (unpaired) electrons. The summed E-state index contributed by atoms with van der Waals surface area (Å²) in [6.45, 7) is 7.07. The van der Waals surface area contributed by atoms with E-state index in [1.165, 1.54) is 12.1 Å². The lowest BCUT2D eigenvalue weighted by molar-refractivity contribution is -0.137. The Bertz CT molecular complexity index is 1080. The highest BCUT2D eigenvalue weighted by Crippen LogP contribution is 2.39. The number of benzene rings is 2.